The van der Waals surface area contributed by atoms with Gasteiger partial charge in [0.2, 0.25) is 0 Å². The van der Waals surface area contributed by atoms with Gasteiger partial charge in [0.1, 0.15) is 0 Å². The van der Waals surface area contributed by atoms with Gasteiger partial charge in [0, 0.05) is 6.61 Å². The van der Waals surface area contributed by atoms with Crippen LogP contribution in [0.25, 0.3) is 0 Å². The van der Waals surface area contributed by atoms with E-state index in [1.165, 1.54) is 11.3 Å². The van der Waals surface area contributed by atoms with Crippen LogP contribution in [0.15, 0.2) is 12.1 Å². The lowest BCUT2D eigenvalue weighted by molar-refractivity contribution is 0.0998. The average Bonchev–Trinajstić information content (AvgIpc) is 2.64. The molecule has 0 aromatic carbocycles. The van der Waals surface area contributed by atoms with Gasteiger partial charge in [-0.25, -0.2) is 0 Å². The third kappa shape index (κ3) is 4.15. The summed E-state index contributed by atoms with van der Waals surface area (Å²) in [6.45, 7) is 2.07. The standard InChI is InChI=1S/C10H13ClO2S2/c1-7(14-6-2-5-12)10(13)8-3-4-9(11)15-8/h3-4,7,12H,2,5-6H2,1H3. The van der Waals surface area contributed by atoms with Gasteiger partial charge < -0.3 is 5.11 Å². The fraction of sp³-hybridized carbons (Fsp3) is 0.500. The van der Waals surface area contributed by atoms with Gasteiger partial charge in [0.15, 0.2) is 5.78 Å². The van der Waals surface area contributed by atoms with E-state index < -0.39 is 0 Å². The van der Waals surface area contributed by atoms with Crippen molar-refractivity contribution in [1.82, 2.24) is 0 Å². The molecule has 0 saturated carbocycles. The Bertz CT molecular complexity index is 325. The monoisotopic (exact) mass is 264 g/mol. The lowest BCUT2D eigenvalue weighted by Gasteiger charge is -2.07. The zero-order chi connectivity index (χ0) is 11.3. The number of carbonyl (C=O) groups is 1. The molecule has 1 unspecified atom stereocenters. The van der Waals surface area contributed by atoms with E-state index in [0.717, 1.165) is 12.2 Å². The molecule has 0 bridgehead atoms. The third-order valence-electron chi connectivity index (χ3n) is 1.86. The molecule has 0 aliphatic heterocycles. The van der Waals surface area contributed by atoms with Gasteiger partial charge in [-0.3, -0.25) is 4.79 Å². The van der Waals surface area contributed by atoms with Crippen molar-refractivity contribution in [2.45, 2.75) is 18.6 Å². The first-order chi connectivity index (χ1) is 7.15. The van der Waals surface area contributed by atoms with Gasteiger partial charge in [0.05, 0.1) is 14.5 Å². The van der Waals surface area contributed by atoms with E-state index in [9.17, 15) is 4.79 Å². The van der Waals surface area contributed by atoms with Crippen LogP contribution in [0.5, 0.6) is 0 Å². The fourth-order valence-corrected chi connectivity index (χ4v) is 3.12. The molecular formula is C10H13ClO2S2. The van der Waals surface area contributed by atoms with Crippen molar-refractivity contribution in [2.75, 3.05) is 12.4 Å². The van der Waals surface area contributed by atoms with E-state index in [1.807, 2.05) is 6.92 Å². The molecule has 15 heavy (non-hydrogen) atoms. The molecular weight excluding hydrogens is 252 g/mol. The van der Waals surface area contributed by atoms with Crippen molar-refractivity contribution >= 4 is 40.5 Å². The molecule has 0 spiro atoms. The molecule has 0 amide bonds. The second-order valence-corrected chi connectivity index (χ2v) is 6.22. The number of thioether (sulfide) groups is 1. The number of thiophene rings is 1. The van der Waals surface area contributed by atoms with E-state index in [0.29, 0.717) is 9.21 Å². The van der Waals surface area contributed by atoms with Crippen molar-refractivity contribution in [3.8, 4) is 0 Å². The molecule has 2 nitrogen and oxygen atoms in total. The van der Waals surface area contributed by atoms with Gasteiger partial charge in [-0.2, -0.15) is 11.8 Å². The zero-order valence-electron chi connectivity index (χ0n) is 8.40. The number of hydrogen-bond donors (Lipinski definition) is 1. The van der Waals surface area contributed by atoms with Gasteiger partial charge in [-0.1, -0.05) is 11.6 Å². The summed E-state index contributed by atoms with van der Waals surface area (Å²) in [6, 6.07) is 3.50. The minimum Gasteiger partial charge on any atom is -0.396 e. The average molecular weight is 265 g/mol. The molecule has 1 aromatic heterocycles. The van der Waals surface area contributed by atoms with Crippen LogP contribution in [0, 0.1) is 0 Å². The third-order valence-corrected chi connectivity index (χ3v) is 4.34. The summed E-state index contributed by atoms with van der Waals surface area (Å²) in [5.41, 5.74) is 0. The largest absolute Gasteiger partial charge is 0.396 e. The molecule has 0 saturated heterocycles. The summed E-state index contributed by atoms with van der Waals surface area (Å²) >= 11 is 8.65. The predicted molar refractivity (Wildman–Crippen MR) is 67.3 cm³/mol. The lowest BCUT2D eigenvalue weighted by atomic mass is 10.2. The highest BCUT2D eigenvalue weighted by molar-refractivity contribution is 8.00. The number of halogens is 1. The number of aliphatic hydroxyl groups excluding tert-OH is 1. The lowest BCUT2D eigenvalue weighted by Crippen LogP contribution is -2.12. The summed E-state index contributed by atoms with van der Waals surface area (Å²) in [5.74, 6) is 0.928. The Morgan fingerprint density at radius 3 is 2.93 bits per heavy atom. The van der Waals surface area contributed by atoms with Crippen LogP contribution >= 0.6 is 34.7 Å². The Labute approximate surface area is 103 Å². The first-order valence-electron chi connectivity index (χ1n) is 4.67. The molecule has 0 radical (unpaired) electrons. The highest BCUT2D eigenvalue weighted by Crippen LogP contribution is 2.25. The van der Waals surface area contributed by atoms with Crippen molar-refractivity contribution < 1.29 is 9.90 Å². The second-order valence-electron chi connectivity index (χ2n) is 3.06. The normalized spacial score (nSPS) is 12.7. The molecule has 0 aliphatic carbocycles. The summed E-state index contributed by atoms with van der Waals surface area (Å²) in [7, 11) is 0. The van der Waals surface area contributed by atoms with Gasteiger partial charge in [-0.15, -0.1) is 11.3 Å². The van der Waals surface area contributed by atoms with Gasteiger partial charge in [0.25, 0.3) is 0 Å². The van der Waals surface area contributed by atoms with E-state index in [4.69, 9.17) is 16.7 Å². The molecule has 1 heterocycles. The maximum atomic E-state index is 11.8. The van der Waals surface area contributed by atoms with Gasteiger partial charge in [-0.05, 0) is 31.2 Å². The predicted octanol–water partition coefficient (Wildman–Crippen LogP) is 3.09. The van der Waals surface area contributed by atoms with Crippen LogP contribution in [0.1, 0.15) is 23.0 Å². The Morgan fingerprint density at radius 1 is 1.67 bits per heavy atom. The topological polar surface area (TPSA) is 37.3 Å². The van der Waals surface area contributed by atoms with Gasteiger partial charge >= 0.3 is 0 Å². The number of Topliss-reactive ketones (excluding diaryl/α,β-unsaturated/α-hetero) is 1. The van der Waals surface area contributed by atoms with Crippen LogP contribution in [-0.2, 0) is 0 Å². The first kappa shape index (κ1) is 13.0. The Kier molecular flexibility index (Phi) is 5.68. The summed E-state index contributed by atoms with van der Waals surface area (Å²) in [4.78, 5) is 12.5. The number of carbonyl (C=O) groups excluding carboxylic acids is 1. The van der Waals surface area contributed by atoms with Crippen LogP contribution in [0.3, 0.4) is 0 Å². The second kappa shape index (κ2) is 6.53. The summed E-state index contributed by atoms with van der Waals surface area (Å²) in [5, 5.41) is 8.56. The Balaban J connectivity index is 2.46. The maximum Gasteiger partial charge on any atom is 0.185 e. The highest BCUT2D eigenvalue weighted by Gasteiger charge is 2.16. The van der Waals surface area contributed by atoms with E-state index in [1.54, 1.807) is 23.9 Å². The van der Waals surface area contributed by atoms with E-state index in [-0.39, 0.29) is 17.6 Å². The summed E-state index contributed by atoms with van der Waals surface area (Å²) < 4.78 is 0.644. The van der Waals surface area contributed by atoms with Crippen LogP contribution in [0.4, 0.5) is 0 Å². The molecule has 5 heteroatoms. The molecule has 1 atom stereocenters. The maximum absolute atomic E-state index is 11.8. The molecule has 1 rings (SSSR count). The number of hydrogen-bond acceptors (Lipinski definition) is 4. The molecule has 84 valence electrons. The minimum absolute atomic E-state index is 0.0636. The molecule has 0 fully saturated rings. The van der Waals surface area contributed by atoms with Crippen molar-refractivity contribution in [1.29, 1.82) is 0 Å². The zero-order valence-corrected chi connectivity index (χ0v) is 10.8. The quantitative estimate of drug-likeness (QED) is 0.634. The van der Waals surface area contributed by atoms with E-state index in [2.05, 4.69) is 0 Å². The summed E-state index contributed by atoms with van der Waals surface area (Å²) in [6.07, 6.45) is 0.730. The fourth-order valence-electron chi connectivity index (χ4n) is 1.05. The van der Waals surface area contributed by atoms with Crippen molar-refractivity contribution in [2.24, 2.45) is 0 Å². The Hall–Kier alpha value is -0.0300. The van der Waals surface area contributed by atoms with Crippen LogP contribution in [-0.4, -0.2) is 28.5 Å². The highest BCUT2D eigenvalue weighted by atomic mass is 35.5. The molecule has 1 aromatic rings. The van der Waals surface area contributed by atoms with Crippen LogP contribution < -0.4 is 0 Å². The minimum atomic E-state index is -0.0636. The smallest absolute Gasteiger partial charge is 0.185 e. The molecule has 1 N–H and O–H groups in total. The Morgan fingerprint density at radius 2 is 2.40 bits per heavy atom. The van der Waals surface area contributed by atoms with Crippen LogP contribution in [0.2, 0.25) is 4.34 Å². The first-order valence-corrected chi connectivity index (χ1v) is 6.91. The number of ketones is 1. The molecule has 0 aliphatic rings. The van der Waals surface area contributed by atoms with Crippen molar-refractivity contribution in [3.05, 3.63) is 21.3 Å². The van der Waals surface area contributed by atoms with E-state index >= 15 is 0 Å². The van der Waals surface area contributed by atoms with Crippen molar-refractivity contribution in [3.63, 3.8) is 0 Å². The SMILES string of the molecule is CC(SCCCO)C(=O)c1ccc(Cl)s1. The number of rotatable bonds is 6. The number of aliphatic hydroxyl groups is 1.